The first-order chi connectivity index (χ1) is 18.3. The largest absolute Gasteiger partial charge is 0.344 e. The molecule has 232 valence electrons. The van der Waals surface area contributed by atoms with Crippen molar-refractivity contribution >= 4 is 0 Å². The molecule has 0 radical (unpaired) electrons. The van der Waals surface area contributed by atoms with Gasteiger partial charge in [0.1, 0.15) is 0 Å². The second-order valence-corrected chi connectivity index (χ2v) is 12.4. The van der Waals surface area contributed by atoms with Crippen LogP contribution in [-0.2, 0) is 0 Å². The Morgan fingerprint density at radius 2 is 0.395 bits per heavy atom. The predicted molar refractivity (Wildman–Crippen MR) is 177 cm³/mol. The highest BCUT2D eigenvalue weighted by atomic mass is 15.1. The highest BCUT2D eigenvalue weighted by molar-refractivity contribution is 4.61. The van der Waals surface area contributed by atoms with Crippen LogP contribution in [0.3, 0.4) is 0 Å². The van der Waals surface area contributed by atoms with Gasteiger partial charge in [-0.15, -0.1) is 0 Å². The molecule has 0 aliphatic rings. The van der Waals surface area contributed by atoms with Gasteiger partial charge in [-0.3, -0.25) is 0 Å². The maximum Gasteiger partial charge on any atom is -0.00187 e. The lowest BCUT2D eigenvalue weighted by Crippen LogP contribution is -2.27. The lowest BCUT2D eigenvalue weighted by Gasteiger charge is -2.22. The molecule has 0 saturated carbocycles. The van der Waals surface area contributed by atoms with E-state index in [1.807, 2.05) is 0 Å². The lowest BCUT2D eigenvalue weighted by atomic mass is 10.1. The second-order valence-electron chi connectivity index (χ2n) is 12.4. The molecule has 0 rings (SSSR count). The van der Waals surface area contributed by atoms with Crippen LogP contribution in [0.1, 0.15) is 213 Å². The lowest BCUT2D eigenvalue weighted by molar-refractivity contribution is 0.254. The van der Waals surface area contributed by atoms with E-state index in [2.05, 4.69) is 25.7 Å². The Labute approximate surface area is 243 Å². The molecule has 0 aliphatic heterocycles. The smallest absolute Gasteiger partial charge is 0.00187 e. The van der Waals surface area contributed by atoms with Crippen LogP contribution < -0.4 is 6.15 Å². The number of nitrogens with zero attached hydrogens (tertiary/aromatic N) is 1. The van der Waals surface area contributed by atoms with Crippen LogP contribution in [-0.4, -0.2) is 24.5 Å². The number of unbranched alkanes of at least 4 members (excludes halogenated alkanes) is 27. The zero-order valence-electron chi connectivity index (χ0n) is 27.5. The summed E-state index contributed by atoms with van der Waals surface area (Å²) in [6.45, 7) is 11.0. The molecule has 0 spiro atoms. The number of hydrogen-bond donors (Lipinski definition) is 1. The van der Waals surface area contributed by atoms with Crippen LogP contribution in [0.2, 0.25) is 0 Å². The minimum atomic E-state index is 0. The standard InChI is InChI=1S/C36H75N.H3N/c1-4-7-10-13-16-19-22-25-28-31-34-37(35-32-29-26-23-20-17-14-11-8-5-2)36-33-30-27-24-21-18-15-12-9-6-3;/h4-36H2,1-3H3;1H3. The molecule has 2 heteroatoms. The van der Waals surface area contributed by atoms with E-state index in [1.165, 1.54) is 212 Å². The fraction of sp³-hybridized carbons (Fsp3) is 1.00. The topological polar surface area (TPSA) is 38.2 Å². The van der Waals surface area contributed by atoms with Gasteiger partial charge in [0.2, 0.25) is 0 Å². The van der Waals surface area contributed by atoms with E-state index in [-0.39, 0.29) is 6.15 Å². The van der Waals surface area contributed by atoms with E-state index in [0.29, 0.717) is 0 Å². The monoisotopic (exact) mass is 539 g/mol. The third kappa shape index (κ3) is 33.9. The normalized spacial score (nSPS) is 11.4. The van der Waals surface area contributed by atoms with Gasteiger partial charge in [0.15, 0.2) is 0 Å². The Kier molecular flexibility index (Phi) is 38.9. The van der Waals surface area contributed by atoms with Crippen molar-refractivity contribution < 1.29 is 0 Å². The Hall–Kier alpha value is -0.0800. The summed E-state index contributed by atoms with van der Waals surface area (Å²) in [6, 6.07) is 0. The van der Waals surface area contributed by atoms with Crippen molar-refractivity contribution in [2.24, 2.45) is 0 Å². The van der Waals surface area contributed by atoms with E-state index < -0.39 is 0 Å². The van der Waals surface area contributed by atoms with Crippen LogP contribution in [0.5, 0.6) is 0 Å². The first-order valence-corrected chi connectivity index (χ1v) is 18.1. The van der Waals surface area contributed by atoms with Gasteiger partial charge in [0.25, 0.3) is 0 Å². The van der Waals surface area contributed by atoms with Crippen LogP contribution in [0.4, 0.5) is 0 Å². The molecule has 0 aliphatic carbocycles. The molecule has 0 amide bonds. The highest BCUT2D eigenvalue weighted by Gasteiger charge is 2.05. The van der Waals surface area contributed by atoms with Gasteiger partial charge >= 0.3 is 0 Å². The molecule has 0 fully saturated rings. The van der Waals surface area contributed by atoms with Gasteiger partial charge in [-0.2, -0.15) is 0 Å². The molecule has 0 aromatic carbocycles. The molecular weight excluding hydrogens is 460 g/mol. The summed E-state index contributed by atoms with van der Waals surface area (Å²) in [5.74, 6) is 0. The molecule has 0 atom stereocenters. The Morgan fingerprint density at radius 1 is 0.237 bits per heavy atom. The third-order valence-electron chi connectivity index (χ3n) is 8.48. The molecule has 0 aromatic heterocycles. The Balaban J connectivity index is 0. The van der Waals surface area contributed by atoms with Gasteiger partial charge in [-0.1, -0.05) is 194 Å². The summed E-state index contributed by atoms with van der Waals surface area (Å²) in [7, 11) is 0. The minimum absolute atomic E-state index is 0. The van der Waals surface area contributed by atoms with Gasteiger partial charge in [-0.05, 0) is 38.9 Å². The van der Waals surface area contributed by atoms with Crippen molar-refractivity contribution in [3.8, 4) is 0 Å². The fourth-order valence-electron chi connectivity index (χ4n) is 5.80. The molecular formula is C36H78N2. The van der Waals surface area contributed by atoms with E-state index in [9.17, 15) is 0 Å². The molecule has 0 saturated heterocycles. The van der Waals surface area contributed by atoms with Gasteiger partial charge in [0, 0.05) is 0 Å². The molecule has 0 unspecified atom stereocenters. The SMILES string of the molecule is CCCCCCCCCCCCN(CCCCCCCCCCCC)CCCCCCCCCCCC.N. The zero-order chi connectivity index (χ0) is 26.9. The summed E-state index contributed by atoms with van der Waals surface area (Å²) in [5, 5.41) is 0. The van der Waals surface area contributed by atoms with Crippen molar-refractivity contribution in [3.63, 3.8) is 0 Å². The average Bonchev–Trinajstić information content (AvgIpc) is 2.91. The Bertz CT molecular complexity index is 326. The number of hydrogen-bond acceptors (Lipinski definition) is 2. The van der Waals surface area contributed by atoms with E-state index in [1.54, 1.807) is 0 Å². The van der Waals surface area contributed by atoms with Crippen LogP contribution in [0.25, 0.3) is 0 Å². The first kappa shape index (κ1) is 40.1. The average molecular weight is 539 g/mol. The van der Waals surface area contributed by atoms with Crippen molar-refractivity contribution in [3.05, 3.63) is 0 Å². The predicted octanol–water partition coefficient (Wildman–Crippen LogP) is 13.2. The second kappa shape index (κ2) is 36.9. The summed E-state index contributed by atoms with van der Waals surface area (Å²) in [5.41, 5.74) is 0. The highest BCUT2D eigenvalue weighted by Crippen LogP contribution is 2.14. The summed E-state index contributed by atoms with van der Waals surface area (Å²) < 4.78 is 0. The van der Waals surface area contributed by atoms with Crippen molar-refractivity contribution in [1.29, 1.82) is 0 Å². The molecule has 0 aromatic rings. The summed E-state index contributed by atoms with van der Waals surface area (Å²) in [4.78, 5) is 2.85. The van der Waals surface area contributed by atoms with Crippen molar-refractivity contribution in [2.45, 2.75) is 213 Å². The molecule has 0 heterocycles. The molecule has 0 bridgehead atoms. The van der Waals surface area contributed by atoms with E-state index in [4.69, 9.17) is 0 Å². The minimum Gasteiger partial charge on any atom is -0.344 e. The molecule has 38 heavy (non-hydrogen) atoms. The summed E-state index contributed by atoms with van der Waals surface area (Å²) >= 11 is 0. The number of rotatable bonds is 33. The van der Waals surface area contributed by atoms with Gasteiger partial charge in [0.05, 0.1) is 0 Å². The maximum atomic E-state index is 2.85. The van der Waals surface area contributed by atoms with E-state index >= 15 is 0 Å². The Morgan fingerprint density at radius 3 is 0.579 bits per heavy atom. The van der Waals surface area contributed by atoms with Crippen LogP contribution in [0, 0.1) is 0 Å². The van der Waals surface area contributed by atoms with Crippen LogP contribution in [0.15, 0.2) is 0 Å². The fourth-order valence-corrected chi connectivity index (χ4v) is 5.80. The van der Waals surface area contributed by atoms with Crippen molar-refractivity contribution in [1.82, 2.24) is 11.1 Å². The quantitative estimate of drug-likeness (QED) is 0.0843. The zero-order valence-corrected chi connectivity index (χ0v) is 27.5. The molecule has 3 N–H and O–H groups in total. The maximum absolute atomic E-state index is 2.85. The molecule has 2 nitrogen and oxygen atoms in total. The van der Waals surface area contributed by atoms with Crippen molar-refractivity contribution in [2.75, 3.05) is 19.6 Å². The summed E-state index contributed by atoms with van der Waals surface area (Å²) in [6.07, 6.45) is 43.6. The first-order valence-electron chi connectivity index (χ1n) is 18.1. The third-order valence-corrected chi connectivity index (χ3v) is 8.48. The van der Waals surface area contributed by atoms with Gasteiger partial charge in [-0.25, -0.2) is 0 Å². The van der Waals surface area contributed by atoms with Crippen LogP contribution >= 0.6 is 0 Å². The van der Waals surface area contributed by atoms with E-state index in [0.717, 1.165) is 0 Å². The van der Waals surface area contributed by atoms with Gasteiger partial charge < -0.3 is 11.1 Å².